The summed E-state index contributed by atoms with van der Waals surface area (Å²) in [7, 11) is 0. The maximum Gasteiger partial charge on any atom is 0.387 e. The highest BCUT2D eigenvalue weighted by atomic mass is 19.3. The monoisotopic (exact) mass is 409 g/mol. The normalized spacial score (nSPS) is 24.5. The van der Waals surface area contributed by atoms with Gasteiger partial charge >= 0.3 is 6.61 Å². The SMILES string of the molecule is Cc1cc(OC(F)F)cc(C)c1N1C=C2C(=O)NC(N3CCOCC3=O)NC2N1. The zero-order valence-electron chi connectivity index (χ0n) is 15.9. The fourth-order valence-electron chi connectivity index (χ4n) is 3.75. The first-order valence-electron chi connectivity index (χ1n) is 9.11. The molecule has 3 aliphatic heterocycles. The Morgan fingerprint density at radius 3 is 2.62 bits per heavy atom. The van der Waals surface area contributed by atoms with E-state index in [1.54, 1.807) is 25.1 Å². The number of benzene rings is 1. The average molecular weight is 409 g/mol. The highest BCUT2D eigenvalue weighted by molar-refractivity contribution is 5.97. The highest BCUT2D eigenvalue weighted by Gasteiger charge is 2.40. The van der Waals surface area contributed by atoms with Crippen molar-refractivity contribution in [2.45, 2.75) is 32.9 Å². The van der Waals surface area contributed by atoms with E-state index in [2.05, 4.69) is 20.8 Å². The van der Waals surface area contributed by atoms with Crippen LogP contribution in [-0.2, 0) is 14.3 Å². The lowest BCUT2D eigenvalue weighted by atomic mass is 10.1. The molecule has 2 atom stereocenters. The lowest BCUT2D eigenvalue weighted by molar-refractivity contribution is -0.149. The summed E-state index contributed by atoms with van der Waals surface area (Å²) in [5.41, 5.74) is 5.75. The minimum atomic E-state index is -2.90. The molecule has 3 aliphatic rings. The Kier molecular flexibility index (Phi) is 5.11. The first kappa shape index (κ1) is 19.6. The summed E-state index contributed by atoms with van der Waals surface area (Å²) in [5.74, 6) is -0.441. The number of carbonyl (C=O) groups is 2. The van der Waals surface area contributed by atoms with Crippen molar-refractivity contribution in [3.63, 3.8) is 0 Å². The molecule has 1 aromatic carbocycles. The van der Waals surface area contributed by atoms with Crippen molar-refractivity contribution in [3.8, 4) is 5.75 Å². The summed E-state index contributed by atoms with van der Waals surface area (Å²) >= 11 is 0. The fraction of sp³-hybridized carbons (Fsp3) is 0.444. The molecule has 2 unspecified atom stereocenters. The summed E-state index contributed by atoms with van der Waals surface area (Å²) in [5, 5.41) is 7.65. The first-order chi connectivity index (χ1) is 13.8. The molecule has 0 aromatic heterocycles. The van der Waals surface area contributed by atoms with Gasteiger partial charge in [0.15, 0.2) is 6.29 Å². The molecule has 3 N–H and O–H groups in total. The van der Waals surface area contributed by atoms with Gasteiger partial charge in [-0.15, -0.1) is 0 Å². The molecule has 2 amide bonds. The number of rotatable bonds is 4. The molecule has 9 nitrogen and oxygen atoms in total. The van der Waals surface area contributed by atoms with Crippen LogP contribution in [0.15, 0.2) is 23.9 Å². The van der Waals surface area contributed by atoms with E-state index in [0.29, 0.717) is 29.9 Å². The number of fused-ring (bicyclic) bond motifs is 1. The van der Waals surface area contributed by atoms with Crippen LogP contribution in [-0.4, -0.2) is 55.5 Å². The number of aryl methyl sites for hydroxylation is 2. The lowest BCUT2D eigenvalue weighted by Crippen LogP contribution is -2.69. The zero-order chi connectivity index (χ0) is 20.7. The molecule has 2 fully saturated rings. The summed E-state index contributed by atoms with van der Waals surface area (Å²) in [4.78, 5) is 26.2. The number of ether oxygens (including phenoxy) is 2. The quantitative estimate of drug-likeness (QED) is 0.659. The van der Waals surface area contributed by atoms with Gasteiger partial charge in [-0.25, -0.2) is 5.43 Å². The van der Waals surface area contributed by atoms with Crippen molar-refractivity contribution in [2.24, 2.45) is 0 Å². The molecule has 0 radical (unpaired) electrons. The van der Waals surface area contributed by atoms with E-state index in [9.17, 15) is 18.4 Å². The van der Waals surface area contributed by atoms with Crippen LogP contribution in [0.4, 0.5) is 14.5 Å². The number of hydrogen-bond acceptors (Lipinski definition) is 7. The standard InChI is InChI=1S/C18H21F2N5O4/c1-9-5-11(29-17(19)20)6-10(2)14(9)25-7-12-15(23-25)21-18(22-16(12)27)24-3-4-28-8-13(24)26/h5-7,15,17-18,21,23H,3-4,8H2,1-2H3,(H,22,27). The maximum absolute atomic E-state index is 12.6. The van der Waals surface area contributed by atoms with Gasteiger partial charge in [0.1, 0.15) is 18.5 Å². The number of anilines is 1. The van der Waals surface area contributed by atoms with Crippen LogP contribution >= 0.6 is 0 Å². The van der Waals surface area contributed by atoms with E-state index in [4.69, 9.17) is 4.74 Å². The van der Waals surface area contributed by atoms with Gasteiger partial charge in [-0.05, 0) is 37.1 Å². The van der Waals surface area contributed by atoms with E-state index < -0.39 is 19.1 Å². The van der Waals surface area contributed by atoms with Crippen LogP contribution < -0.4 is 25.8 Å². The van der Waals surface area contributed by atoms with Gasteiger partial charge < -0.3 is 19.7 Å². The molecule has 0 aliphatic carbocycles. The minimum absolute atomic E-state index is 0.0214. The number of nitrogens with one attached hydrogen (secondary N) is 3. The van der Waals surface area contributed by atoms with Gasteiger partial charge in [-0.1, -0.05) is 0 Å². The molecular formula is C18H21F2N5O4. The van der Waals surface area contributed by atoms with Crippen LogP contribution in [0.25, 0.3) is 0 Å². The van der Waals surface area contributed by atoms with Gasteiger partial charge in [-0.3, -0.25) is 19.9 Å². The van der Waals surface area contributed by atoms with E-state index in [1.807, 2.05) is 0 Å². The van der Waals surface area contributed by atoms with Crippen molar-refractivity contribution in [1.29, 1.82) is 0 Å². The molecule has 2 saturated heterocycles. The zero-order valence-corrected chi connectivity index (χ0v) is 15.9. The Morgan fingerprint density at radius 2 is 1.97 bits per heavy atom. The molecule has 0 spiro atoms. The fourth-order valence-corrected chi connectivity index (χ4v) is 3.75. The number of halogens is 2. The predicted molar refractivity (Wildman–Crippen MR) is 97.6 cm³/mol. The Bertz CT molecular complexity index is 855. The number of morpholine rings is 1. The van der Waals surface area contributed by atoms with Gasteiger partial charge in [0, 0.05) is 12.7 Å². The Morgan fingerprint density at radius 1 is 1.24 bits per heavy atom. The van der Waals surface area contributed by atoms with Crippen LogP contribution in [0, 0.1) is 13.8 Å². The molecule has 4 rings (SSSR count). The molecule has 29 heavy (non-hydrogen) atoms. The second kappa shape index (κ2) is 7.58. The van der Waals surface area contributed by atoms with Crippen LogP contribution in [0.3, 0.4) is 0 Å². The van der Waals surface area contributed by atoms with Crippen LogP contribution in [0.2, 0.25) is 0 Å². The minimum Gasteiger partial charge on any atom is -0.435 e. The topological polar surface area (TPSA) is 95.2 Å². The Labute approximate surface area is 165 Å². The molecule has 156 valence electrons. The summed E-state index contributed by atoms with van der Waals surface area (Å²) in [6.07, 6.45) is 0.477. The number of hydrogen-bond donors (Lipinski definition) is 3. The largest absolute Gasteiger partial charge is 0.435 e. The lowest BCUT2D eigenvalue weighted by Gasteiger charge is -2.39. The third kappa shape index (κ3) is 3.76. The van der Waals surface area contributed by atoms with Crippen LogP contribution in [0.5, 0.6) is 5.75 Å². The number of carbonyl (C=O) groups excluding carboxylic acids is 2. The second-order valence-corrected chi connectivity index (χ2v) is 6.98. The van der Waals surface area contributed by atoms with Crippen molar-refractivity contribution < 1.29 is 27.8 Å². The molecule has 0 bridgehead atoms. The van der Waals surface area contributed by atoms with Crippen LogP contribution in [0.1, 0.15) is 11.1 Å². The number of nitrogens with zero attached hydrogens (tertiary/aromatic N) is 2. The van der Waals surface area contributed by atoms with Crippen molar-refractivity contribution in [3.05, 3.63) is 35.0 Å². The maximum atomic E-state index is 12.6. The van der Waals surface area contributed by atoms with E-state index in [0.717, 1.165) is 5.69 Å². The second-order valence-electron chi connectivity index (χ2n) is 6.98. The highest BCUT2D eigenvalue weighted by Crippen LogP contribution is 2.32. The van der Waals surface area contributed by atoms with Gasteiger partial charge in [0.25, 0.3) is 11.8 Å². The van der Waals surface area contributed by atoms with E-state index in [-0.39, 0.29) is 24.2 Å². The van der Waals surface area contributed by atoms with E-state index in [1.165, 1.54) is 17.0 Å². The smallest absolute Gasteiger partial charge is 0.387 e. The first-order valence-corrected chi connectivity index (χ1v) is 9.11. The van der Waals surface area contributed by atoms with Crippen molar-refractivity contribution in [1.82, 2.24) is 21.0 Å². The molecular weight excluding hydrogens is 388 g/mol. The van der Waals surface area contributed by atoms with Gasteiger partial charge in [0.05, 0.1) is 17.9 Å². The number of hydrazine groups is 1. The number of amides is 2. The summed E-state index contributed by atoms with van der Waals surface area (Å²) in [6.45, 7) is 1.39. The van der Waals surface area contributed by atoms with Crippen molar-refractivity contribution >= 4 is 17.5 Å². The average Bonchev–Trinajstić information content (AvgIpc) is 3.05. The third-order valence-electron chi connectivity index (χ3n) is 4.97. The van der Waals surface area contributed by atoms with Crippen molar-refractivity contribution in [2.75, 3.05) is 24.8 Å². The summed E-state index contributed by atoms with van der Waals surface area (Å²) < 4.78 is 34.6. The molecule has 1 aromatic rings. The number of alkyl halides is 2. The van der Waals surface area contributed by atoms with Gasteiger partial charge in [0.2, 0.25) is 0 Å². The Hall–Kier alpha value is -2.76. The van der Waals surface area contributed by atoms with E-state index >= 15 is 0 Å². The summed E-state index contributed by atoms with van der Waals surface area (Å²) in [6, 6.07) is 3.03. The Balaban J connectivity index is 1.54. The molecule has 11 heteroatoms. The molecule has 3 heterocycles. The molecule has 0 saturated carbocycles. The third-order valence-corrected chi connectivity index (χ3v) is 4.97. The predicted octanol–water partition coefficient (Wildman–Crippen LogP) is 0.301. The van der Waals surface area contributed by atoms with Gasteiger partial charge in [-0.2, -0.15) is 8.78 Å².